The lowest BCUT2D eigenvalue weighted by molar-refractivity contribution is -0.136. The van der Waals surface area contributed by atoms with Gasteiger partial charge in [0.2, 0.25) is 11.8 Å². The largest absolute Gasteiger partial charge is 0.368 e. The van der Waals surface area contributed by atoms with Gasteiger partial charge in [-0.3, -0.25) is 19.4 Å². The van der Waals surface area contributed by atoms with Gasteiger partial charge in [0.25, 0.3) is 5.91 Å². The summed E-state index contributed by atoms with van der Waals surface area (Å²) in [4.78, 5) is 44.5. The minimum atomic E-state index is -0.343. The van der Waals surface area contributed by atoms with Crippen LogP contribution < -0.4 is 5.43 Å². The summed E-state index contributed by atoms with van der Waals surface area (Å²) in [5, 5.41) is 3.88. The highest BCUT2D eigenvalue weighted by atomic mass is 16.5. The fourth-order valence-electron chi connectivity index (χ4n) is 3.35. The van der Waals surface area contributed by atoms with E-state index in [-0.39, 0.29) is 55.5 Å². The molecule has 1 N–H and O–H groups in total. The summed E-state index contributed by atoms with van der Waals surface area (Å²) in [6, 6.07) is 5.59. The fraction of sp³-hybridized carbons (Fsp3) is 0.550. The van der Waals surface area contributed by atoms with Crippen LogP contribution in [0.2, 0.25) is 0 Å². The van der Waals surface area contributed by atoms with E-state index < -0.39 is 0 Å². The van der Waals surface area contributed by atoms with Gasteiger partial charge < -0.3 is 14.5 Å². The number of nitrogens with one attached hydrogen (secondary N) is 1. The van der Waals surface area contributed by atoms with E-state index in [0.717, 1.165) is 5.69 Å². The zero-order valence-corrected chi connectivity index (χ0v) is 16.8. The smallest absolute Gasteiger partial charge is 0.270 e. The van der Waals surface area contributed by atoms with Crippen molar-refractivity contribution >= 4 is 23.4 Å². The quantitative estimate of drug-likeness (QED) is 0.750. The van der Waals surface area contributed by atoms with Crippen LogP contribution in [0.3, 0.4) is 0 Å². The third-order valence-corrected chi connectivity index (χ3v) is 4.74. The Labute approximate surface area is 170 Å². The molecular formula is C20H27N5O4. The molecule has 2 aliphatic rings. The lowest BCUT2D eigenvalue weighted by atomic mass is 10.1. The molecule has 9 nitrogen and oxygen atoms in total. The minimum Gasteiger partial charge on any atom is -0.368 e. The van der Waals surface area contributed by atoms with Crippen LogP contribution in [0.4, 0.5) is 0 Å². The van der Waals surface area contributed by atoms with E-state index in [1.165, 1.54) is 4.90 Å². The van der Waals surface area contributed by atoms with Gasteiger partial charge in [-0.15, -0.1) is 0 Å². The molecule has 1 aromatic heterocycles. The number of aromatic nitrogens is 1. The summed E-state index contributed by atoms with van der Waals surface area (Å²) in [5.41, 5.74) is 3.39. The van der Waals surface area contributed by atoms with Crippen molar-refractivity contribution in [3.05, 3.63) is 30.1 Å². The molecule has 0 unspecified atom stereocenters. The van der Waals surface area contributed by atoms with Gasteiger partial charge in [-0.1, -0.05) is 19.9 Å². The molecule has 1 saturated heterocycles. The first-order valence-corrected chi connectivity index (χ1v) is 9.86. The zero-order valence-electron chi connectivity index (χ0n) is 16.8. The van der Waals surface area contributed by atoms with Crippen molar-refractivity contribution in [1.29, 1.82) is 0 Å². The summed E-state index contributed by atoms with van der Waals surface area (Å²) in [6.45, 7) is 5.65. The van der Waals surface area contributed by atoms with Crippen LogP contribution in [-0.2, 0) is 25.7 Å². The monoisotopic (exact) mass is 401 g/mol. The third kappa shape index (κ3) is 5.83. The van der Waals surface area contributed by atoms with E-state index >= 15 is 0 Å². The number of carbonyl (C=O) groups is 3. The van der Waals surface area contributed by atoms with E-state index in [1.54, 1.807) is 11.1 Å². The number of nitrogens with zero attached hydrogens (tertiary/aromatic N) is 4. The molecule has 156 valence electrons. The van der Waals surface area contributed by atoms with Gasteiger partial charge in [0.1, 0.15) is 12.3 Å². The average molecular weight is 401 g/mol. The Bertz CT molecular complexity index is 780. The molecule has 0 bridgehead atoms. The maximum Gasteiger partial charge on any atom is 0.270 e. The van der Waals surface area contributed by atoms with Crippen LogP contribution in [0.5, 0.6) is 0 Å². The molecule has 3 rings (SSSR count). The lowest BCUT2D eigenvalue weighted by Crippen LogP contribution is -2.45. The first kappa shape index (κ1) is 20.9. The minimum absolute atomic E-state index is 0.0258. The van der Waals surface area contributed by atoms with Gasteiger partial charge in [0.05, 0.1) is 18.4 Å². The van der Waals surface area contributed by atoms with E-state index in [9.17, 15) is 14.4 Å². The van der Waals surface area contributed by atoms with Gasteiger partial charge in [0.15, 0.2) is 0 Å². The van der Waals surface area contributed by atoms with E-state index in [2.05, 4.69) is 15.5 Å². The standard InChI is InChI=1S/C20H27N5O4/c1-14(2)9-24-10-16(29-13-15-5-3-4-8-21-15)11-25(12-19(24)27)20(28)17-6-7-18(26)23-22-17/h3-5,8,14,16H,6-7,9-13H2,1-2H3,(H,23,26)/t16-/m1/s1. The number of amides is 3. The number of rotatable bonds is 6. The zero-order chi connectivity index (χ0) is 20.8. The highest BCUT2D eigenvalue weighted by Crippen LogP contribution is 2.14. The molecule has 3 heterocycles. The molecule has 0 saturated carbocycles. The molecule has 0 spiro atoms. The predicted octanol–water partition coefficient (Wildman–Crippen LogP) is 0.560. The van der Waals surface area contributed by atoms with Crippen LogP contribution in [0.25, 0.3) is 0 Å². The van der Waals surface area contributed by atoms with Crippen LogP contribution in [0.15, 0.2) is 29.5 Å². The van der Waals surface area contributed by atoms with Gasteiger partial charge in [0, 0.05) is 38.7 Å². The molecule has 1 atom stereocenters. The molecule has 1 aromatic rings. The Morgan fingerprint density at radius 1 is 1.28 bits per heavy atom. The number of pyridine rings is 1. The van der Waals surface area contributed by atoms with Crippen molar-refractivity contribution in [2.45, 2.75) is 39.4 Å². The van der Waals surface area contributed by atoms with E-state index in [4.69, 9.17) is 4.74 Å². The molecule has 9 heteroatoms. The predicted molar refractivity (Wildman–Crippen MR) is 106 cm³/mol. The Morgan fingerprint density at radius 3 is 2.76 bits per heavy atom. The second-order valence-corrected chi connectivity index (χ2v) is 7.73. The molecule has 29 heavy (non-hydrogen) atoms. The second-order valence-electron chi connectivity index (χ2n) is 7.73. The number of carbonyl (C=O) groups excluding carboxylic acids is 3. The third-order valence-electron chi connectivity index (χ3n) is 4.74. The topological polar surface area (TPSA) is 104 Å². The summed E-state index contributed by atoms with van der Waals surface area (Å²) in [7, 11) is 0. The molecule has 0 aromatic carbocycles. The lowest BCUT2D eigenvalue weighted by Gasteiger charge is -2.26. The van der Waals surface area contributed by atoms with Crippen molar-refractivity contribution in [2.75, 3.05) is 26.2 Å². The van der Waals surface area contributed by atoms with Crippen molar-refractivity contribution in [2.24, 2.45) is 11.0 Å². The van der Waals surface area contributed by atoms with Crippen LogP contribution in [-0.4, -0.2) is 70.5 Å². The Morgan fingerprint density at radius 2 is 2.10 bits per heavy atom. The van der Waals surface area contributed by atoms with Crippen molar-refractivity contribution in [3.63, 3.8) is 0 Å². The number of ether oxygens (including phenoxy) is 1. The normalized spacial score (nSPS) is 20.4. The summed E-state index contributed by atoms with van der Waals surface area (Å²) < 4.78 is 6.03. The summed E-state index contributed by atoms with van der Waals surface area (Å²) >= 11 is 0. The van der Waals surface area contributed by atoms with Crippen molar-refractivity contribution < 1.29 is 19.1 Å². The second kappa shape index (κ2) is 9.60. The van der Waals surface area contributed by atoms with Crippen LogP contribution in [0, 0.1) is 5.92 Å². The Kier molecular flexibility index (Phi) is 6.92. The SMILES string of the molecule is CC(C)CN1C[C@@H](OCc2ccccn2)CN(C(=O)C2=NNC(=O)CC2)CC1=O. The Balaban J connectivity index is 1.73. The number of hydrogen-bond donors (Lipinski definition) is 1. The highest BCUT2D eigenvalue weighted by molar-refractivity contribution is 6.39. The number of hydrogen-bond acceptors (Lipinski definition) is 6. The highest BCUT2D eigenvalue weighted by Gasteiger charge is 2.33. The van der Waals surface area contributed by atoms with Gasteiger partial charge in [-0.2, -0.15) is 5.10 Å². The van der Waals surface area contributed by atoms with Crippen LogP contribution >= 0.6 is 0 Å². The molecule has 0 radical (unpaired) electrons. The fourth-order valence-corrected chi connectivity index (χ4v) is 3.35. The van der Waals surface area contributed by atoms with Gasteiger partial charge in [-0.25, -0.2) is 5.43 Å². The first-order valence-electron chi connectivity index (χ1n) is 9.86. The summed E-state index contributed by atoms with van der Waals surface area (Å²) in [6.07, 6.45) is 1.84. The molecule has 2 aliphatic heterocycles. The first-order chi connectivity index (χ1) is 13.9. The van der Waals surface area contributed by atoms with Gasteiger partial charge in [-0.05, 0) is 18.1 Å². The van der Waals surface area contributed by atoms with Crippen LogP contribution in [0.1, 0.15) is 32.4 Å². The number of hydrazone groups is 1. The molecular weight excluding hydrogens is 374 g/mol. The maximum absolute atomic E-state index is 12.9. The maximum atomic E-state index is 12.9. The molecule has 1 fully saturated rings. The average Bonchev–Trinajstić information content (AvgIpc) is 2.86. The molecule has 3 amide bonds. The van der Waals surface area contributed by atoms with E-state index in [0.29, 0.717) is 25.6 Å². The van der Waals surface area contributed by atoms with Crippen molar-refractivity contribution in [1.82, 2.24) is 20.2 Å². The van der Waals surface area contributed by atoms with E-state index in [1.807, 2.05) is 32.0 Å². The molecule has 0 aliphatic carbocycles. The van der Waals surface area contributed by atoms with Crippen molar-refractivity contribution in [3.8, 4) is 0 Å². The van der Waals surface area contributed by atoms with Gasteiger partial charge >= 0.3 is 0 Å². The summed E-state index contributed by atoms with van der Waals surface area (Å²) in [5.74, 6) is -0.364. The Hall–Kier alpha value is -2.81.